The summed E-state index contributed by atoms with van der Waals surface area (Å²) in [7, 11) is 0. The van der Waals surface area contributed by atoms with Crippen LogP contribution in [0.4, 0.5) is 8.78 Å². The van der Waals surface area contributed by atoms with E-state index in [0.717, 1.165) is 32.1 Å². The molecular formula is C16H22F2N2O. The van der Waals surface area contributed by atoms with Gasteiger partial charge in [0.1, 0.15) is 11.6 Å². The van der Waals surface area contributed by atoms with Crippen LogP contribution < -0.4 is 5.32 Å². The second-order valence-corrected chi connectivity index (χ2v) is 6.19. The highest BCUT2D eigenvalue weighted by Crippen LogP contribution is 2.31. The Morgan fingerprint density at radius 2 is 1.95 bits per heavy atom. The van der Waals surface area contributed by atoms with Gasteiger partial charge in [-0.15, -0.1) is 0 Å². The maximum atomic E-state index is 13.5. The minimum Gasteiger partial charge on any atom is -0.387 e. The van der Waals surface area contributed by atoms with Gasteiger partial charge in [0.05, 0.1) is 11.7 Å². The zero-order valence-electron chi connectivity index (χ0n) is 12.1. The molecule has 3 nitrogen and oxygen atoms in total. The number of aliphatic hydroxyl groups is 1. The Morgan fingerprint density at radius 3 is 2.62 bits per heavy atom. The van der Waals surface area contributed by atoms with Crippen LogP contribution in [0.1, 0.15) is 30.9 Å². The number of rotatable bonds is 6. The van der Waals surface area contributed by atoms with Gasteiger partial charge in [-0.05, 0) is 50.4 Å². The molecule has 2 fully saturated rings. The first-order valence-electron chi connectivity index (χ1n) is 7.72. The van der Waals surface area contributed by atoms with E-state index in [0.29, 0.717) is 5.92 Å². The molecule has 2 N–H and O–H groups in total. The summed E-state index contributed by atoms with van der Waals surface area (Å²) in [5.41, 5.74) is -0.240. The number of hydrogen-bond donors (Lipinski definition) is 2. The van der Waals surface area contributed by atoms with Crippen molar-refractivity contribution in [2.75, 3.05) is 26.2 Å². The highest BCUT2D eigenvalue weighted by atomic mass is 19.1. The van der Waals surface area contributed by atoms with Crippen LogP contribution in [0, 0.1) is 17.6 Å². The normalized spacial score (nSPS) is 24.4. The van der Waals surface area contributed by atoms with E-state index < -0.39 is 17.7 Å². The zero-order valence-corrected chi connectivity index (χ0v) is 12.1. The van der Waals surface area contributed by atoms with Crippen molar-refractivity contribution < 1.29 is 13.9 Å². The maximum absolute atomic E-state index is 13.5. The van der Waals surface area contributed by atoms with Gasteiger partial charge in [0, 0.05) is 19.1 Å². The zero-order chi connectivity index (χ0) is 14.8. The minimum absolute atomic E-state index is 0.178. The summed E-state index contributed by atoms with van der Waals surface area (Å²) in [5, 5.41) is 13.1. The smallest absolute Gasteiger partial charge is 0.131 e. The van der Waals surface area contributed by atoms with Gasteiger partial charge in [-0.2, -0.15) is 0 Å². The lowest BCUT2D eigenvalue weighted by molar-refractivity contribution is 0.163. The van der Waals surface area contributed by atoms with Crippen molar-refractivity contribution in [2.24, 2.45) is 5.92 Å². The summed E-state index contributed by atoms with van der Waals surface area (Å²) >= 11 is 0. The Balaban J connectivity index is 1.45. The largest absolute Gasteiger partial charge is 0.387 e. The minimum atomic E-state index is -1.15. The van der Waals surface area contributed by atoms with E-state index in [2.05, 4.69) is 10.2 Å². The van der Waals surface area contributed by atoms with E-state index in [9.17, 15) is 13.9 Å². The fourth-order valence-electron chi connectivity index (χ4n) is 3.16. The third kappa shape index (κ3) is 3.59. The van der Waals surface area contributed by atoms with Crippen LogP contribution in [0.5, 0.6) is 0 Å². The van der Waals surface area contributed by atoms with Crippen molar-refractivity contribution in [1.82, 2.24) is 10.2 Å². The van der Waals surface area contributed by atoms with Crippen LogP contribution >= 0.6 is 0 Å². The fourth-order valence-corrected chi connectivity index (χ4v) is 3.16. The molecule has 0 spiro atoms. The molecule has 21 heavy (non-hydrogen) atoms. The van der Waals surface area contributed by atoms with Crippen molar-refractivity contribution in [3.8, 4) is 0 Å². The van der Waals surface area contributed by atoms with Crippen LogP contribution in [0.2, 0.25) is 0 Å². The molecule has 1 saturated heterocycles. The fraction of sp³-hybridized carbons (Fsp3) is 0.625. The van der Waals surface area contributed by atoms with Crippen molar-refractivity contribution >= 4 is 0 Å². The van der Waals surface area contributed by atoms with Crippen molar-refractivity contribution in [3.63, 3.8) is 0 Å². The predicted octanol–water partition coefficient (Wildman–Crippen LogP) is 2.07. The number of benzene rings is 1. The monoisotopic (exact) mass is 296 g/mol. The number of halogens is 2. The average Bonchev–Trinajstić information content (AvgIpc) is 3.19. The summed E-state index contributed by atoms with van der Waals surface area (Å²) < 4.78 is 27.1. The lowest BCUT2D eigenvalue weighted by Gasteiger charge is -2.17. The summed E-state index contributed by atoms with van der Waals surface area (Å²) in [6.07, 6.45) is 2.66. The molecule has 1 heterocycles. The Bertz CT molecular complexity index is 473. The van der Waals surface area contributed by atoms with Gasteiger partial charge in [0.15, 0.2) is 0 Å². The molecular weight excluding hydrogens is 274 g/mol. The van der Waals surface area contributed by atoms with Crippen LogP contribution in [-0.2, 0) is 0 Å². The van der Waals surface area contributed by atoms with Crippen molar-refractivity contribution in [2.45, 2.75) is 31.4 Å². The van der Waals surface area contributed by atoms with Crippen molar-refractivity contribution in [3.05, 3.63) is 35.4 Å². The second-order valence-electron chi connectivity index (χ2n) is 6.19. The molecule has 5 heteroatoms. The second kappa shape index (κ2) is 6.38. The number of nitrogens with zero attached hydrogens (tertiary/aromatic N) is 1. The molecule has 1 saturated carbocycles. The lowest BCUT2D eigenvalue weighted by atomic mass is 10.1. The Labute approximate surface area is 124 Å². The molecule has 2 unspecified atom stereocenters. The number of hydrogen-bond acceptors (Lipinski definition) is 3. The molecule has 3 rings (SSSR count). The van der Waals surface area contributed by atoms with E-state index in [-0.39, 0.29) is 12.1 Å². The molecule has 1 aliphatic carbocycles. The maximum Gasteiger partial charge on any atom is 0.131 e. The molecule has 116 valence electrons. The lowest BCUT2D eigenvalue weighted by Crippen LogP contribution is -2.30. The van der Waals surface area contributed by atoms with Gasteiger partial charge >= 0.3 is 0 Å². The van der Waals surface area contributed by atoms with E-state index in [1.807, 2.05) is 0 Å². The third-order valence-electron chi connectivity index (χ3n) is 4.48. The first-order chi connectivity index (χ1) is 10.1. The standard InChI is InChI=1S/C16H22F2N2O/c17-13-2-1-3-14(18)16(13)15(21)9-19-8-11-6-7-20(10-11)12-4-5-12/h1-3,11-12,15,19,21H,4-10H2. The molecule has 0 amide bonds. The van der Waals surface area contributed by atoms with E-state index in [4.69, 9.17) is 0 Å². The van der Waals surface area contributed by atoms with Crippen LogP contribution in [0.25, 0.3) is 0 Å². The van der Waals surface area contributed by atoms with E-state index >= 15 is 0 Å². The molecule has 0 bridgehead atoms. The summed E-state index contributed by atoms with van der Waals surface area (Å²) in [6.45, 7) is 3.22. The molecule has 0 aromatic heterocycles. The first-order valence-corrected chi connectivity index (χ1v) is 7.72. The van der Waals surface area contributed by atoms with E-state index in [1.165, 1.54) is 31.0 Å². The topological polar surface area (TPSA) is 35.5 Å². The predicted molar refractivity (Wildman–Crippen MR) is 76.9 cm³/mol. The van der Waals surface area contributed by atoms with Gasteiger partial charge in [0.2, 0.25) is 0 Å². The summed E-state index contributed by atoms with van der Waals surface area (Å²) in [6, 6.07) is 4.45. The Morgan fingerprint density at radius 1 is 1.24 bits per heavy atom. The highest BCUT2D eigenvalue weighted by molar-refractivity contribution is 5.22. The van der Waals surface area contributed by atoms with E-state index in [1.54, 1.807) is 0 Å². The number of likely N-dealkylation sites (tertiary alicyclic amines) is 1. The quantitative estimate of drug-likeness (QED) is 0.843. The van der Waals surface area contributed by atoms with Crippen LogP contribution in [-0.4, -0.2) is 42.2 Å². The van der Waals surface area contributed by atoms with Gasteiger partial charge in [0.25, 0.3) is 0 Å². The molecule has 0 radical (unpaired) electrons. The van der Waals surface area contributed by atoms with Crippen LogP contribution in [0.15, 0.2) is 18.2 Å². The summed E-state index contributed by atoms with van der Waals surface area (Å²) in [5.74, 6) is -0.807. The van der Waals surface area contributed by atoms with Crippen LogP contribution in [0.3, 0.4) is 0 Å². The molecule has 1 aliphatic heterocycles. The Kier molecular flexibility index (Phi) is 4.52. The molecule has 1 aromatic rings. The van der Waals surface area contributed by atoms with Gasteiger partial charge in [-0.1, -0.05) is 6.07 Å². The molecule has 2 aliphatic rings. The Hall–Kier alpha value is -1.04. The van der Waals surface area contributed by atoms with Gasteiger partial charge in [-0.3, -0.25) is 0 Å². The molecule has 1 aromatic carbocycles. The van der Waals surface area contributed by atoms with Gasteiger partial charge < -0.3 is 15.3 Å². The van der Waals surface area contributed by atoms with Crippen molar-refractivity contribution in [1.29, 1.82) is 0 Å². The van der Waals surface area contributed by atoms with Gasteiger partial charge in [-0.25, -0.2) is 8.78 Å². The SMILES string of the molecule is OC(CNCC1CCN(C2CC2)C1)c1c(F)cccc1F. The third-order valence-corrected chi connectivity index (χ3v) is 4.48. The molecule has 2 atom stereocenters. The summed E-state index contributed by atoms with van der Waals surface area (Å²) in [4.78, 5) is 2.53. The average molecular weight is 296 g/mol. The number of aliphatic hydroxyl groups excluding tert-OH is 1. The first kappa shape index (κ1) is 14.9. The highest BCUT2D eigenvalue weighted by Gasteiger charge is 2.34. The number of nitrogens with one attached hydrogen (secondary N) is 1.